The predicted octanol–water partition coefficient (Wildman–Crippen LogP) is 4.02. The lowest BCUT2D eigenvalue weighted by Crippen LogP contribution is -2.21. The summed E-state index contributed by atoms with van der Waals surface area (Å²) in [5, 5.41) is 15.5. The van der Waals surface area contributed by atoms with Gasteiger partial charge >= 0.3 is 0 Å². The lowest BCUT2D eigenvalue weighted by molar-refractivity contribution is -0.384. The number of hydrogen-bond acceptors (Lipinski definition) is 5. The van der Waals surface area contributed by atoms with Crippen LogP contribution in [0.2, 0.25) is 5.02 Å². The number of carbonyl (C=O) groups is 1. The summed E-state index contributed by atoms with van der Waals surface area (Å²) >= 11 is 7.28. The van der Waals surface area contributed by atoms with Crippen molar-refractivity contribution in [2.75, 3.05) is 5.75 Å². The summed E-state index contributed by atoms with van der Waals surface area (Å²) in [4.78, 5) is 22.1. The number of nitro groups is 1. The molecule has 0 aliphatic carbocycles. The number of nitrogens with one attached hydrogen (secondary N) is 1. The molecule has 2 aromatic carbocycles. The van der Waals surface area contributed by atoms with Crippen molar-refractivity contribution in [2.45, 2.75) is 12.7 Å². The van der Waals surface area contributed by atoms with Crippen molar-refractivity contribution in [3.05, 3.63) is 74.8 Å². The summed E-state index contributed by atoms with van der Waals surface area (Å²) in [6, 6.07) is 13.6. The second kappa shape index (κ2) is 9.19. The summed E-state index contributed by atoms with van der Waals surface area (Å²) < 4.78 is 0. The summed E-state index contributed by atoms with van der Waals surface area (Å²) in [5.41, 5.74) is 4.61. The number of hydrazone groups is 1. The Morgan fingerprint density at radius 3 is 2.68 bits per heavy atom. The Bertz CT molecular complexity index is 794. The van der Waals surface area contributed by atoms with E-state index < -0.39 is 4.92 Å². The molecule has 6 nitrogen and oxygen atoms in total. The van der Waals surface area contributed by atoms with Crippen LogP contribution in [0.4, 0.5) is 5.69 Å². The van der Waals surface area contributed by atoms with Gasteiger partial charge in [0, 0.05) is 28.5 Å². The van der Waals surface area contributed by atoms with Crippen LogP contribution in [0.5, 0.6) is 0 Å². The first-order valence-corrected chi connectivity index (χ1v) is 8.89. The standard InChI is InChI=1S/C17H16ClN3O3S/c1-12(14-3-2-4-16(9-14)21(23)24)19-20-17(22)11-25-10-13-5-7-15(18)8-6-13/h2-9H,10-11H2,1H3,(H,20,22)/b19-12+. The molecular weight excluding hydrogens is 362 g/mol. The molecule has 2 rings (SSSR count). The molecule has 0 aliphatic rings. The Kier molecular flexibility index (Phi) is 6.97. The van der Waals surface area contributed by atoms with E-state index in [0.717, 1.165) is 5.56 Å². The molecule has 2 aromatic rings. The van der Waals surface area contributed by atoms with Gasteiger partial charge in [-0.25, -0.2) is 5.43 Å². The van der Waals surface area contributed by atoms with E-state index in [9.17, 15) is 14.9 Å². The number of thioether (sulfide) groups is 1. The third kappa shape index (κ3) is 6.21. The monoisotopic (exact) mass is 377 g/mol. The SMILES string of the molecule is C/C(=N\NC(=O)CSCc1ccc(Cl)cc1)c1cccc([N+](=O)[O-])c1. The van der Waals surface area contributed by atoms with Crippen molar-refractivity contribution >= 4 is 40.7 Å². The predicted molar refractivity (Wildman–Crippen MR) is 101 cm³/mol. The van der Waals surface area contributed by atoms with E-state index in [4.69, 9.17) is 11.6 Å². The average Bonchev–Trinajstić information content (AvgIpc) is 2.61. The van der Waals surface area contributed by atoms with E-state index >= 15 is 0 Å². The molecule has 130 valence electrons. The minimum Gasteiger partial charge on any atom is -0.272 e. The van der Waals surface area contributed by atoms with E-state index in [0.29, 0.717) is 22.1 Å². The molecule has 0 unspecified atom stereocenters. The summed E-state index contributed by atoms with van der Waals surface area (Å²) in [6.45, 7) is 1.68. The van der Waals surface area contributed by atoms with Crippen LogP contribution in [-0.4, -0.2) is 22.3 Å². The van der Waals surface area contributed by atoms with Crippen LogP contribution in [0.15, 0.2) is 53.6 Å². The lowest BCUT2D eigenvalue weighted by atomic mass is 10.1. The van der Waals surface area contributed by atoms with E-state index in [1.54, 1.807) is 19.1 Å². The van der Waals surface area contributed by atoms with Gasteiger partial charge in [0.05, 0.1) is 16.4 Å². The average molecular weight is 378 g/mol. The van der Waals surface area contributed by atoms with Gasteiger partial charge in [0.15, 0.2) is 0 Å². The van der Waals surface area contributed by atoms with Crippen LogP contribution in [0.3, 0.4) is 0 Å². The van der Waals surface area contributed by atoms with E-state index in [1.165, 1.54) is 23.9 Å². The normalized spacial score (nSPS) is 11.2. The first-order valence-electron chi connectivity index (χ1n) is 7.36. The molecular formula is C17H16ClN3O3S. The molecule has 0 radical (unpaired) electrons. The highest BCUT2D eigenvalue weighted by Gasteiger charge is 2.08. The van der Waals surface area contributed by atoms with Gasteiger partial charge in [0.25, 0.3) is 5.69 Å². The molecule has 0 saturated heterocycles. The molecule has 0 bridgehead atoms. The highest BCUT2D eigenvalue weighted by atomic mass is 35.5. The van der Waals surface area contributed by atoms with Crippen molar-refractivity contribution in [1.29, 1.82) is 0 Å². The lowest BCUT2D eigenvalue weighted by Gasteiger charge is -2.04. The van der Waals surface area contributed by atoms with Gasteiger partial charge < -0.3 is 0 Å². The number of amides is 1. The topological polar surface area (TPSA) is 84.6 Å². The molecule has 0 aromatic heterocycles. The highest BCUT2D eigenvalue weighted by Crippen LogP contribution is 2.15. The van der Waals surface area contributed by atoms with Crippen LogP contribution in [-0.2, 0) is 10.5 Å². The number of nitro benzene ring substituents is 1. The number of halogens is 1. The number of non-ortho nitro benzene ring substituents is 1. The molecule has 0 aliphatic heterocycles. The first kappa shape index (κ1) is 19.0. The van der Waals surface area contributed by atoms with Gasteiger partial charge in [-0.15, -0.1) is 11.8 Å². The van der Waals surface area contributed by atoms with Crippen molar-refractivity contribution in [2.24, 2.45) is 5.10 Å². The smallest absolute Gasteiger partial charge is 0.270 e. The van der Waals surface area contributed by atoms with Crippen molar-refractivity contribution in [1.82, 2.24) is 5.43 Å². The maximum Gasteiger partial charge on any atom is 0.270 e. The van der Waals surface area contributed by atoms with Crippen LogP contribution >= 0.6 is 23.4 Å². The Labute approximate surface area is 154 Å². The summed E-state index contributed by atoms with van der Waals surface area (Å²) in [5.74, 6) is 0.718. The Morgan fingerprint density at radius 2 is 2.00 bits per heavy atom. The fourth-order valence-electron chi connectivity index (χ4n) is 1.93. The Hall–Kier alpha value is -2.38. The number of benzene rings is 2. The van der Waals surface area contributed by atoms with Crippen LogP contribution in [0.1, 0.15) is 18.1 Å². The number of carbonyl (C=O) groups excluding carboxylic acids is 1. The molecule has 25 heavy (non-hydrogen) atoms. The van der Waals surface area contributed by atoms with Crippen LogP contribution < -0.4 is 5.43 Å². The molecule has 8 heteroatoms. The number of rotatable bonds is 7. The zero-order valence-corrected chi connectivity index (χ0v) is 15.0. The molecule has 0 heterocycles. The zero-order valence-electron chi connectivity index (χ0n) is 13.4. The maximum atomic E-state index is 11.8. The quantitative estimate of drug-likeness (QED) is 0.448. The van der Waals surface area contributed by atoms with Crippen molar-refractivity contribution < 1.29 is 9.72 Å². The molecule has 1 N–H and O–H groups in total. The van der Waals surface area contributed by atoms with Crippen molar-refractivity contribution in [3.8, 4) is 0 Å². The third-order valence-electron chi connectivity index (χ3n) is 3.24. The maximum absolute atomic E-state index is 11.8. The fraction of sp³-hybridized carbons (Fsp3) is 0.176. The van der Waals surface area contributed by atoms with Crippen molar-refractivity contribution in [3.63, 3.8) is 0 Å². The minimum atomic E-state index is -0.469. The highest BCUT2D eigenvalue weighted by molar-refractivity contribution is 7.99. The molecule has 0 atom stereocenters. The van der Waals surface area contributed by atoms with Gasteiger partial charge in [0.1, 0.15) is 0 Å². The molecule has 0 spiro atoms. The molecule has 0 saturated carbocycles. The second-order valence-corrected chi connectivity index (χ2v) is 6.58. The number of nitrogens with zero attached hydrogens (tertiary/aromatic N) is 2. The van der Waals surface area contributed by atoms with Gasteiger partial charge in [-0.1, -0.05) is 35.9 Å². The van der Waals surface area contributed by atoms with Crippen LogP contribution in [0, 0.1) is 10.1 Å². The van der Waals surface area contributed by atoms with Gasteiger partial charge in [-0.05, 0) is 24.6 Å². The van der Waals surface area contributed by atoms with E-state index in [2.05, 4.69) is 10.5 Å². The van der Waals surface area contributed by atoms with E-state index in [1.807, 2.05) is 24.3 Å². The second-order valence-electron chi connectivity index (χ2n) is 5.16. The Morgan fingerprint density at radius 1 is 1.28 bits per heavy atom. The third-order valence-corrected chi connectivity index (χ3v) is 4.49. The van der Waals surface area contributed by atoms with Gasteiger partial charge in [-0.2, -0.15) is 5.10 Å². The largest absolute Gasteiger partial charge is 0.272 e. The summed E-state index contributed by atoms with van der Waals surface area (Å²) in [7, 11) is 0. The van der Waals surface area contributed by atoms with Gasteiger partial charge in [0.2, 0.25) is 5.91 Å². The number of hydrogen-bond donors (Lipinski definition) is 1. The van der Waals surface area contributed by atoms with E-state index in [-0.39, 0.29) is 17.3 Å². The molecule has 0 fully saturated rings. The van der Waals surface area contributed by atoms with Gasteiger partial charge in [-0.3, -0.25) is 14.9 Å². The fourth-order valence-corrected chi connectivity index (χ4v) is 2.84. The minimum absolute atomic E-state index is 0.0168. The summed E-state index contributed by atoms with van der Waals surface area (Å²) in [6.07, 6.45) is 0. The van der Waals surface area contributed by atoms with Crippen LogP contribution in [0.25, 0.3) is 0 Å². The molecule has 1 amide bonds. The first-order chi connectivity index (χ1) is 12.0. The Balaban J connectivity index is 1.83. The zero-order chi connectivity index (χ0) is 18.2.